The lowest BCUT2D eigenvalue weighted by Crippen LogP contribution is -2.44. The second-order valence-corrected chi connectivity index (χ2v) is 8.60. The molecule has 1 aliphatic carbocycles. The summed E-state index contributed by atoms with van der Waals surface area (Å²) in [5.74, 6) is 0.970. The van der Waals surface area contributed by atoms with Gasteiger partial charge in [-0.05, 0) is 69.2 Å². The molecule has 1 aromatic heterocycles. The van der Waals surface area contributed by atoms with E-state index < -0.39 is 5.54 Å². The van der Waals surface area contributed by atoms with E-state index in [0.717, 1.165) is 43.8 Å². The number of hydrogen-bond donors (Lipinski definition) is 1. The average molecular weight is 370 g/mol. The molecule has 2 aliphatic rings. The molecule has 4 rings (SSSR count). The van der Waals surface area contributed by atoms with Crippen molar-refractivity contribution in [1.29, 1.82) is 0 Å². The Morgan fingerprint density at radius 1 is 1.11 bits per heavy atom. The van der Waals surface area contributed by atoms with E-state index in [1.807, 2.05) is 24.7 Å². The SMILES string of the molecule is COc1ccc2c(c1)C[C@@H](N1CCC(n3cc(C(C)(C)N)nn3)CC1)CC2. The molecular weight excluding hydrogens is 338 g/mol. The van der Waals surface area contributed by atoms with Gasteiger partial charge < -0.3 is 10.5 Å². The van der Waals surface area contributed by atoms with E-state index in [1.54, 1.807) is 7.11 Å². The summed E-state index contributed by atoms with van der Waals surface area (Å²) in [6, 6.07) is 7.61. The van der Waals surface area contributed by atoms with Crippen LogP contribution in [0.1, 0.15) is 56.0 Å². The predicted molar refractivity (Wildman–Crippen MR) is 106 cm³/mol. The van der Waals surface area contributed by atoms with E-state index in [4.69, 9.17) is 10.5 Å². The summed E-state index contributed by atoms with van der Waals surface area (Å²) in [4.78, 5) is 2.67. The molecule has 0 unspecified atom stereocenters. The van der Waals surface area contributed by atoms with E-state index in [9.17, 15) is 0 Å². The first kappa shape index (κ1) is 18.4. The van der Waals surface area contributed by atoms with E-state index in [1.165, 1.54) is 24.0 Å². The van der Waals surface area contributed by atoms with Crippen molar-refractivity contribution in [3.63, 3.8) is 0 Å². The lowest BCUT2D eigenvalue weighted by molar-refractivity contribution is 0.120. The molecule has 1 saturated heterocycles. The number of benzene rings is 1. The van der Waals surface area contributed by atoms with Crippen molar-refractivity contribution in [3.05, 3.63) is 41.2 Å². The number of aromatic nitrogens is 3. The van der Waals surface area contributed by atoms with Gasteiger partial charge in [0, 0.05) is 19.1 Å². The normalized spacial score (nSPS) is 21.9. The smallest absolute Gasteiger partial charge is 0.119 e. The van der Waals surface area contributed by atoms with E-state index >= 15 is 0 Å². The lowest BCUT2D eigenvalue weighted by atomic mass is 9.86. The summed E-state index contributed by atoms with van der Waals surface area (Å²) in [5.41, 5.74) is 9.52. The van der Waals surface area contributed by atoms with Gasteiger partial charge >= 0.3 is 0 Å². The quantitative estimate of drug-likeness (QED) is 0.897. The predicted octanol–water partition coefficient (Wildman–Crippen LogP) is 2.67. The van der Waals surface area contributed by atoms with Gasteiger partial charge in [-0.3, -0.25) is 4.90 Å². The fourth-order valence-electron chi connectivity index (χ4n) is 4.42. The number of piperidine rings is 1. The minimum atomic E-state index is -0.435. The number of rotatable bonds is 4. The highest BCUT2D eigenvalue weighted by Gasteiger charge is 2.30. The van der Waals surface area contributed by atoms with Crippen LogP contribution >= 0.6 is 0 Å². The van der Waals surface area contributed by atoms with Crippen LogP contribution in [0.15, 0.2) is 24.4 Å². The molecule has 1 aliphatic heterocycles. The fourth-order valence-corrected chi connectivity index (χ4v) is 4.42. The zero-order valence-electron chi connectivity index (χ0n) is 16.7. The number of ether oxygens (including phenoxy) is 1. The Hall–Kier alpha value is -1.92. The Labute approximate surface area is 161 Å². The zero-order chi connectivity index (χ0) is 19.0. The number of nitrogens with zero attached hydrogens (tertiary/aromatic N) is 4. The summed E-state index contributed by atoms with van der Waals surface area (Å²) >= 11 is 0. The van der Waals surface area contributed by atoms with Crippen molar-refractivity contribution < 1.29 is 4.74 Å². The highest BCUT2D eigenvalue weighted by atomic mass is 16.5. The van der Waals surface area contributed by atoms with Gasteiger partial charge in [-0.25, -0.2) is 4.68 Å². The second-order valence-electron chi connectivity index (χ2n) is 8.60. The summed E-state index contributed by atoms with van der Waals surface area (Å²) < 4.78 is 7.44. The van der Waals surface area contributed by atoms with Gasteiger partial charge in [-0.15, -0.1) is 5.10 Å². The third-order valence-electron chi connectivity index (χ3n) is 6.18. The summed E-state index contributed by atoms with van der Waals surface area (Å²) in [7, 11) is 1.74. The summed E-state index contributed by atoms with van der Waals surface area (Å²) in [5, 5.41) is 8.62. The molecule has 0 saturated carbocycles. The minimum absolute atomic E-state index is 0.431. The molecule has 0 bridgehead atoms. The molecule has 2 N–H and O–H groups in total. The van der Waals surface area contributed by atoms with Crippen molar-refractivity contribution in [3.8, 4) is 5.75 Å². The van der Waals surface area contributed by atoms with Crippen LogP contribution in [0, 0.1) is 0 Å². The Balaban J connectivity index is 1.37. The summed E-state index contributed by atoms with van der Waals surface area (Å²) in [6.07, 6.45) is 7.82. The first-order chi connectivity index (χ1) is 12.9. The van der Waals surface area contributed by atoms with Gasteiger partial charge in [0.2, 0.25) is 0 Å². The maximum atomic E-state index is 6.15. The van der Waals surface area contributed by atoms with Gasteiger partial charge in [0.1, 0.15) is 11.4 Å². The van der Waals surface area contributed by atoms with E-state index in [2.05, 4.69) is 33.4 Å². The molecule has 0 spiro atoms. The highest BCUT2D eigenvalue weighted by Crippen LogP contribution is 2.31. The van der Waals surface area contributed by atoms with Crippen molar-refractivity contribution >= 4 is 0 Å². The van der Waals surface area contributed by atoms with Crippen molar-refractivity contribution in [1.82, 2.24) is 19.9 Å². The third kappa shape index (κ3) is 3.87. The fraction of sp³-hybridized carbons (Fsp3) is 0.619. The van der Waals surface area contributed by atoms with Crippen LogP contribution in [-0.2, 0) is 18.4 Å². The average Bonchev–Trinajstić information content (AvgIpc) is 3.18. The van der Waals surface area contributed by atoms with Crippen molar-refractivity contribution in [2.75, 3.05) is 20.2 Å². The monoisotopic (exact) mass is 369 g/mol. The van der Waals surface area contributed by atoms with E-state index in [-0.39, 0.29) is 0 Å². The van der Waals surface area contributed by atoms with Crippen LogP contribution in [0.4, 0.5) is 0 Å². The Morgan fingerprint density at radius 3 is 2.56 bits per heavy atom. The van der Waals surface area contributed by atoms with Gasteiger partial charge in [-0.1, -0.05) is 11.3 Å². The van der Waals surface area contributed by atoms with Crippen LogP contribution in [0.25, 0.3) is 0 Å². The molecule has 1 fully saturated rings. The number of hydrogen-bond acceptors (Lipinski definition) is 5. The number of likely N-dealkylation sites (tertiary alicyclic amines) is 1. The third-order valence-corrected chi connectivity index (χ3v) is 6.18. The molecule has 2 aromatic rings. The molecule has 0 amide bonds. The van der Waals surface area contributed by atoms with Crippen molar-refractivity contribution in [2.24, 2.45) is 5.73 Å². The Morgan fingerprint density at radius 2 is 1.89 bits per heavy atom. The van der Waals surface area contributed by atoms with Gasteiger partial charge in [0.05, 0.1) is 24.9 Å². The first-order valence-corrected chi connectivity index (χ1v) is 10.0. The van der Waals surface area contributed by atoms with Crippen LogP contribution in [0.3, 0.4) is 0 Å². The molecule has 2 heterocycles. The maximum absolute atomic E-state index is 6.15. The number of methoxy groups -OCH3 is 1. The number of aryl methyl sites for hydroxylation is 1. The first-order valence-electron chi connectivity index (χ1n) is 10.0. The molecular formula is C21H31N5O. The van der Waals surface area contributed by atoms with Crippen LogP contribution in [-0.4, -0.2) is 46.1 Å². The zero-order valence-corrected chi connectivity index (χ0v) is 16.7. The van der Waals surface area contributed by atoms with Crippen LogP contribution in [0.5, 0.6) is 5.75 Å². The standard InChI is InChI=1S/C21H31N5O/c1-21(2,22)20-14-26(24-23-20)17-8-10-25(11-9-17)18-6-4-15-5-7-19(27-3)13-16(15)12-18/h5,7,13-14,17-18H,4,6,8-12,22H2,1-3H3/t18-/m0/s1. The minimum Gasteiger partial charge on any atom is -0.497 e. The molecule has 146 valence electrons. The van der Waals surface area contributed by atoms with Crippen LogP contribution in [0.2, 0.25) is 0 Å². The lowest BCUT2D eigenvalue weighted by Gasteiger charge is -2.39. The molecule has 1 aromatic carbocycles. The highest BCUT2D eigenvalue weighted by molar-refractivity contribution is 5.38. The largest absolute Gasteiger partial charge is 0.497 e. The van der Waals surface area contributed by atoms with Crippen LogP contribution < -0.4 is 10.5 Å². The molecule has 6 nitrogen and oxygen atoms in total. The number of nitrogens with two attached hydrogens (primary N) is 1. The molecule has 6 heteroatoms. The molecule has 1 atom stereocenters. The van der Waals surface area contributed by atoms with Gasteiger partial charge in [0.25, 0.3) is 0 Å². The molecule has 27 heavy (non-hydrogen) atoms. The maximum Gasteiger partial charge on any atom is 0.119 e. The molecule has 0 radical (unpaired) electrons. The topological polar surface area (TPSA) is 69.2 Å². The Kier molecular flexibility index (Phi) is 4.95. The van der Waals surface area contributed by atoms with Crippen molar-refractivity contribution in [2.45, 2.75) is 63.6 Å². The second kappa shape index (κ2) is 7.24. The number of fused-ring (bicyclic) bond motifs is 1. The van der Waals surface area contributed by atoms with Gasteiger partial charge in [-0.2, -0.15) is 0 Å². The summed E-state index contributed by atoms with van der Waals surface area (Å²) in [6.45, 7) is 6.19. The van der Waals surface area contributed by atoms with Gasteiger partial charge in [0.15, 0.2) is 0 Å². The Bertz CT molecular complexity index is 786. The van der Waals surface area contributed by atoms with E-state index in [0.29, 0.717) is 12.1 Å².